The maximum Gasteiger partial charge on any atom is 0.115 e. The Balaban J connectivity index is 1.95. The molecule has 2 unspecified atom stereocenters. The Morgan fingerprint density at radius 1 is 1.35 bits per heavy atom. The first kappa shape index (κ1) is 12.9. The normalized spacial score (nSPS) is 26.0. The Bertz CT molecular complexity index is 355. The molecule has 1 aromatic carbocycles. The van der Waals surface area contributed by atoms with Gasteiger partial charge in [-0.3, -0.25) is 4.90 Å². The van der Waals surface area contributed by atoms with Gasteiger partial charge in [0, 0.05) is 25.0 Å². The molecule has 1 fully saturated rings. The summed E-state index contributed by atoms with van der Waals surface area (Å²) in [5.74, 6) is 0.322. The van der Waals surface area contributed by atoms with Crippen molar-refractivity contribution in [3.05, 3.63) is 29.8 Å². The summed E-state index contributed by atoms with van der Waals surface area (Å²) in [6.07, 6.45) is 0.555. The molecule has 0 radical (unpaired) electrons. The lowest BCUT2D eigenvalue weighted by Crippen LogP contribution is -2.46. The number of phenolic OH excluding ortho intramolecular Hbond substituents is 1. The van der Waals surface area contributed by atoms with E-state index in [1.54, 1.807) is 12.1 Å². The summed E-state index contributed by atoms with van der Waals surface area (Å²) >= 11 is 3.48. The zero-order chi connectivity index (χ0) is 12.3. The molecule has 94 valence electrons. The minimum atomic E-state index is 0.274. The standard InChI is InChI=1S/C13H18BrNO2/c1-10-7-15(9-13(6-14)17-10)8-11-2-4-12(16)5-3-11/h2-5,10,13,16H,6-9H2,1H3. The molecule has 0 aliphatic carbocycles. The highest BCUT2D eigenvalue weighted by Gasteiger charge is 2.24. The molecule has 1 heterocycles. The molecule has 3 nitrogen and oxygen atoms in total. The minimum absolute atomic E-state index is 0.274. The second kappa shape index (κ2) is 5.85. The van der Waals surface area contributed by atoms with E-state index >= 15 is 0 Å². The van der Waals surface area contributed by atoms with Crippen molar-refractivity contribution in [2.75, 3.05) is 18.4 Å². The highest BCUT2D eigenvalue weighted by atomic mass is 79.9. The molecule has 0 amide bonds. The van der Waals surface area contributed by atoms with E-state index in [9.17, 15) is 5.11 Å². The van der Waals surface area contributed by atoms with Gasteiger partial charge in [0.2, 0.25) is 0 Å². The van der Waals surface area contributed by atoms with Gasteiger partial charge in [0.05, 0.1) is 12.2 Å². The average molecular weight is 300 g/mol. The minimum Gasteiger partial charge on any atom is -0.508 e. The van der Waals surface area contributed by atoms with E-state index < -0.39 is 0 Å². The van der Waals surface area contributed by atoms with Crippen LogP contribution in [0, 0.1) is 0 Å². The summed E-state index contributed by atoms with van der Waals surface area (Å²) in [6.45, 7) is 4.94. The lowest BCUT2D eigenvalue weighted by Gasteiger charge is -2.36. The van der Waals surface area contributed by atoms with Crippen LogP contribution >= 0.6 is 15.9 Å². The summed E-state index contributed by atoms with van der Waals surface area (Å²) < 4.78 is 5.79. The smallest absolute Gasteiger partial charge is 0.115 e. The summed E-state index contributed by atoms with van der Waals surface area (Å²) in [6, 6.07) is 7.42. The Kier molecular flexibility index (Phi) is 4.42. The molecule has 1 N–H and O–H groups in total. The van der Waals surface area contributed by atoms with Gasteiger partial charge in [-0.2, -0.15) is 0 Å². The molecule has 17 heavy (non-hydrogen) atoms. The lowest BCUT2D eigenvalue weighted by molar-refractivity contribution is -0.0678. The van der Waals surface area contributed by atoms with E-state index in [0.717, 1.165) is 25.0 Å². The van der Waals surface area contributed by atoms with Crippen LogP contribution in [0.1, 0.15) is 12.5 Å². The number of aromatic hydroxyl groups is 1. The van der Waals surface area contributed by atoms with E-state index in [2.05, 4.69) is 27.8 Å². The molecule has 0 bridgehead atoms. The van der Waals surface area contributed by atoms with Crippen LogP contribution in [0.3, 0.4) is 0 Å². The monoisotopic (exact) mass is 299 g/mol. The predicted octanol–water partition coefficient (Wildman–Crippen LogP) is 2.38. The lowest BCUT2D eigenvalue weighted by atomic mass is 10.1. The van der Waals surface area contributed by atoms with Gasteiger partial charge in [0.25, 0.3) is 0 Å². The number of ether oxygens (including phenoxy) is 1. The number of alkyl halides is 1. The second-order valence-electron chi connectivity index (χ2n) is 4.58. The molecule has 1 saturated heterocycles. The Labute approximate surface area is 111 Å². The van der Waals surface area contributed by atoms with Crippen LogP contribution in [-0.2, 0) is 11.3 Å². The summed E-state index contributed by atoms with van der Waals surface area (Å²) in [4.78, 5) is 2.40. The fraction of sp³-hybridized carbons (Fsp3) is 0.538. The first-order valence-electron chi connectivity index (χ1n) is 5.89. The van der Waals surface area contributed by atoms with Crippen LogP contribution < -0.4 is 0 Å². The molecular formula is C13H18BrNO2. The maximum atomic E-state index is 9.24. The Hall–Kier alpha value is -0.580. The summed E-state index contributed by atoms with van der Waals surface area (Å²) in [5, 5.41) is 10.1. The fourth-order valence-corrected chi connectivity index (χ4v) is 2.57. The zero-order valence-corrected chi connectivity index (χ0v) is 11.6. The van der Waals surface area contributed by atoms with Crippen LogP contribution in [0.25, 0.3) is 0 Å². The molecule has 2 atom stereocenters. The number of halogens is 1. The predicted molar refractivity (Wildman–Crippen MR) is 71.5 cm³/mol. The van der Waals surface area contributed by atoms with Crippen molar-refractivity contribution in [3.63, 3.8) is 0 Å². The third-order valence-corrected chi connectivity index (χ3v) is 3.64. The summed E-state index contributed by atoms with van der Waals surface area (Å²) in [7, 11) is 0. The van der Waals surface area contributed by atoms with Crippen molar-refractivity contribution in [1.29, 1.82) is 0 Å². The van der Waals surface area contributed by atoms with E-state index in [1.807, 2.05) is 12.1 Å². The number of benzene rings is 1. The van der Waals surface area contributed by atoms with Crippen LogP contribution in [-0.4, -0.2) is 40.6 Å². The van der Waals surface area contributed by atoms with Gasteiger partial charge in [-0.25, -0.2) is 0 Å². The second-order valence-corrected chi connectivity index (χ2v) is 5.23. The topological polar surface area (TPSA) is 32.7 Å². The number of hydrogen-bond donors (Lipinski definition) is 1. The van der Waals surface area contributed by atoms with Crippen LogP contribution in [0.5, 0.6) is 5.75 Å². The van der Waals surface area contributed by atoms with E-state index in [0.29, 0.717) is 5.75 Å². The molecule has 4 heteroatoms. The maximum absolute atomic E-state index is 9.24. The van der Waals surface area contributed by atoms with Crippen LogP contribution in [0.2, 0.25) is 0 Å². The zero-order valence-electron chi connectivity index (χ0n) is 9.97. The van der Waals surface area contributed by atoms with Gasteiger partial charge < -0.3 is 9.84 Å². The number of nitrogens with zero attached hydrogens (tertiary/aromatic N) is 1. The van der Waals surface area contributed by atoms with Crippen molar-refractivity contribution in [1.82, 2.24) is 4.90 Å². The first-order chi connectivity index (χ1) is 8.17. The third-order valence-electron chi connectivity index (χ3n) is 2.92. The highest BCUT2D eigenvalue weighted by molar-refractivity contribution is 9.09. The van der Waals surface area contributed by atoms with Gasteiger partial charge in [-0.1, -0.05) is 28.1 Å². The fourth-order valence-electron chi connectivity index (χ4n) is 2.21. The third kappa shape index (κ3) is 3.69. The number of morpholine rings is 1. The molecule has 0 aromatic heterocycles. The highest BCUT2D eigenvalue weighted by Crippen LogP contribution is 2.17. The molecule has 1 aliphatic rings. The molecule has 0 spiro atoms. The van der Waals surface area contributed by atoms with E-state index in [4.69, 9.17) is 4.74 Å². The van der Waals surface area contributed by atoms with Crippen LogP contribution in [0.4, 0.5) is 0 Å². The first-order valence-corrected chi connectivity index (χ1v) is 7.01. The quantitative estimate of drug-likeness (QED) is 0.870. The van der Waals surface area contributed by atoms with Gasteiger partial charge in [0.15, 0.2) is 0 Å². The molecule has 1 aromatic rings. The van der Waals surface area contributed by atoms with Crippen LogP contribution in [0.15, 0.2) is 24.3 Å². The SMILES string of the molecule is CC1CN(Cc2ccc(O)cc2)CC(CBr)O1. The van der Waals surface area contributed by atoms with Gasteiger partial charge >= 0.3 is 0 Å². The van der Waals surface area contributed by atoms with Gasteiger partial charge in [-0.15, -0.1) is 0 Å². The molecule has 2 rings (SSSR count). The Morgan fingerprint density at radius 2 is 2.06 bits per heavy atom. The van der Waals surface area contributed by atoms with Crippen molar-refractivity contribution in [2.24, 2.45) is 0 Å². The van der Waals surface area contributed by atoms with Crippen molar-refractivity contribution < 1.29 is 9.84 Å². The summed E-state index contributed by atoms with van der Waals surface area (Å²) in [5.41, 5.74) is 1.23. The largest absolute Gasteiger partial charge is 0.508 e. The van der Waals surface area contributed by atoms with E-state index in [1.165, 1.54) is 5.56 Å². The van der Waals surface area contributed by atoms with E-state index in [-0.39, 0.29) is 12.2 Å². The molecule has 1 aliphatic heterocycles. The molecule has 0 saturated carbocycles. The number of phenols is 1. The average Bonchev–Trinajstić information content (AvgIpc) is 2.31. The van der Waals surface area contributed by atoms with Gasteiger partial charge in [0.1, 0.15) is 5.75 Å². The Morgan fingerprint density at radius 3 is 2.71 bits per heavy atom. The number of rotatable bonds is 3. The number of hydrogen-bond acceptors (Lipinski definition) is 3. The van der Waals surface area contributed by atoms with Crippen molar-refractivity contribution >= 4 is 15.9 Å². The van der Waals surface area contributed by atoms with Gasteiger partial charge in [-0.05, 0) is 24.6 Å². The van der Waals surface area contributed by atoms with Crippen molar-refractivity contribution in [2.45, 2.75) is 25.7 Å². The molecular weight excluding hydrogens is 282 g/mol. The van der Waals surface area contributed by atoms with Crippen molar-refractivity contribution in [3.8, 4) is 5.75 Å².